The Balaban J connectivity index is 1.96. The maximum Gasteiger partial charge on any atom is 0.0622 e. The van der Waals surface area contributed by atoms with Crippen LogP contribution in [0.5, 0.6) is 0 Å². The number of benzene rings is 1. The number of alkyl halides is 1. The Morgan fingerprint density at radius 1 is 1.31 bits per heavy atom. The van der Waals surface area contributed by atoms with Crippen LogP contribution in [-0.4, -0.2) is 36.6 Å². The Labute approximate surface area is 102 Å². The third-order valence-corrected chi connectivity index (χ3v) is 3.19. The van der Waals surface area contributed by atoms with Gasteiger partial charge in [0.25, 0.3) is 0 Å². The van der Waals surface area contributed by atoms with Gasteiger partial charge in [0.15, 0.2) is 0 Å². The lowest BCUT2D eigenvalue weighted by Gasteiger charge is -2.27. The van der Waals surface area contributed by atoms with E-state index in [1.165, 1.54) is 5.56 Å². The number of halogens is 1. The second kappa shape index (κ2) is 6.24. The van der Waals surface area contributed by atoms with Crippen LogP contribution in [-0.2, 0) is 11.3 Å². The summed E-state index contributed by atoms with van der Waals surface area (Å²) in [4.78, 5) is 2.43. The highest BCUT2D eigenvalue weighted by Crippen LogP contribution is 2.15. The molecule has 1 atom stereocenters. The average Bonchev–Trinajstić information content (AvgIpc) is 2.83. The molecule has 1 fully saturated rings. The molecule has 88 valence electrons. The highest BCUT2D eigenvalue weighted by molar-refractivity contribution is 6.18. The van der Waals surface area contributed by atoms with Crippen LogP contribution in [0, 0.1) is 0 Å². The Morgan fingerprint density at radius 2 is 2.12 bits per heavy atom. The van der Waals surface area contributed by atoms with Crippen molar-refractivity contribution in [2.45, 2.75) is 19.0 Å². The number of rotatable bonds is 5. The van der Waals surface area contributed by atoms with Crippen LogP contribution in [0.2, 0.25) is 0 Å². The van der Waals surface area contributed by atoms with Gasteiger partial charge in [-0.05, 0) is 12.0 Å². The van der Waals surface area contributed by atoms with Gasteiger partial charge in [-0.2, -0.15) is 0 Å². The lowest BCUT2D eigenvalue weighted by atomic mass is 10.1. The fourth-order valence-corrected chi connectivity index (χ4v) is 2.34. The molecular weight excluding hydrogens is 222 g/mol. The van der Waals surface area contributed by atoms with Crippen molar-refractivity contribution in [1.29, 1.82) is 0 Å². The molecule has 0 radical (unpaired) electrons. The number of hydrogen-bond donors (Lipinski definition) is 0. The highest BCUT2D eigenvalue weighted by Gasteiger charge is 2.22. The summed E-state index contributed by atoms with van der Waals surface area (Å²) in [5.74, 6) is 0.684. The first-order chi connectivity index (χ1) is 7.90. The molecule has 0 N–H and O–H groups in total. The van der Waals surface area contributed by atoms with E-state index in [4.69, 9.17) is 16.3 Å². The molecule has 1 aromatic rings. The lowest BCUT2D eigenvalue weighted by molar-refractivity contribution is 0.144. The van der Waals surface area contributed by atoms with E-state index >= 15 is 0 Å². The molecule has 3 heteroatoms. The number of hydrogen-bond acceptors (Lipinski definition) is 2. The van der Waals surface area contributed by atoms with Crippen molar-refractivity contribution in [3.63, 3.8) is 0 Å². The molecule has 0 spiro atoms. The predicted molar refractivity (Wildman–Crippen MR) is 66.8 cm³/mol. The summed E-state index contributed by atoms with van der Waals surface area (Å²) >= 11 is 5.86. The minimum atomic E-state index is 0.541. The van der Waals surface area contributed by atoms with Crippen molar-refractivity contribution in [1.82, 2.24) is 4.90 Å². The second-order valence-corrected chi connectivity index (χ2v) is 4.54. The van der Waals surface area contributed by atoms with Crippen LogP contribution in [0.3, 0.4) is 0 Å². The molecule has 0 bridgehead atoms. The Bertz CT molecular complexity index is 298. The molecule has 16 heavy (non-hydrogen) atoms. The highest BCUT2D eigenvalue weighted by atomic mass is 35.5. The van der Waals surface area contributed by atoms with Gasteiger partial charge in [-0.3, -0.25) is 4.90 Å². The van der Waals surface area contributed by atoms with E-state index in [1.54, 1.807) is 0 Å². The second-order valence-electron chi connectivity index (χ2n) is 4.16. The maximum absolute atomic E-state index is 5.86. The van der Waals surface area contributed by atoms with E-state index in [0.29, 0.717) is 11.9 Å². The van der Waals surface area contributed by atoms with Crippen LogP contribution >= 0.6 is 11.6 Å². The summed E-state index contributed by atoms with van der Waals surface area (Å²) in [7, 11) is 0. The zero-order chi connectivity index (χ0) is 11.2. The van der Waals surface area contributed by atoms with Gasteiger partial charge >= 0.3 is 0 Å². The molecule has 1 heterocycles. The van der Waals surface area contributed by atoms with Crippen LogP contribution < -0.4 is 0 Å². The predicted octanol–water partition coefficient (Wildman–Crippen LogP) is 2.52. The molecule has 0 amide bonds. The molecule has 1 aromatic carbocycles. The number of nitrogens with zero attached hydrogens (tertiary/aromatic N) is 1. The van der Waals surface area contributed by atoms with Crippen molar-refractivity contribution in [3.05, 3.63) is 35.9 Å². The molecule has 0 aliphatic carbocycles. The van der Waals surface area contributed by atoms with Gasteiger partial charge in [-0.1, -0.05) is 30.3 Å². The molecule has 1 aliphatic rings. The Kier molecular flexibility index (Phi) is 4.64. The van der Waals surface area contributed by atoms with Gasteiger partial charge < -0.3 is 4.74 Å². The summed E-state index contributed by atoms with van der Waals surface area (Å²) in [6.07, 6.45) is 1.13. The quantitative estimate of drug-likeness (QED) is 0.733. The fraction of sp³-hybridized carbons (Fsp3) is 0.538. The van der Waals surface area contributed by atoms with Crippen LogP contribution in [0.25, 0.3) is 0 Å². The largest absolute Gasteiger partial charge is 0.380 e. The van der Waals surface area contributed by atoms with Crippen LogP contribution in [0.15, 0.2) is 30.3 Å². The van der Waals surface area contributed by atoms with E-state index in [2.05, 4.69) is 29.2 Å². The smallest absolute Gasteiger partial charge is 0.0622 e. The molecule has 0 aromatic heterocycles. The molecule has 1 aliphatic heterocycles. The summed E-state index contributed by atoms with van der Waals surface area (Å²) < 4.78 is 5.44. The van der Waals surface area contributed by atoms with E-state index < -0.39 is 0 Å². The van der Waals surface area contributed by atoms with E-state index in [9.17, 15) is 0 Å². The third kappa shape index (κ3) is 3.21. The Hall–Kier alpha value is -0.570. The van der Waals surface area contributed by atoms with Crippen molar-refractivity contribution >= 4 is 11.6 Å². The first kappa shape index (κ1) is 11.9. The van der Waals surface area contributed by atoms with Gasteiger partial charge in [0.2, 0.25) is 0 Å². The molecular formula is C13H18ClNO. The first-order valence-electron chi connectivity index (χ1n) is 5.82. The lowest BCUT2D eigenvalue weighted by Crippen LogP contribution is -2.36. The van der Waals surface area contributed by atoms with Gasteiger partial charge in [0, 0.05) is 31.6 Å². The van der Waals surface area contributed by atoms with Crippen molar-refractivity contribution in [2.24, 2.45) is 0 Å². The first-order valence-corrected chi connectivity index (χ1v) is 6.35. The van der Waals surface area contributed by atoms with Crippen molar-refractivity contribution in [2.75, 3.05) is 25.6 Å². The fourth-order valence-electron chi connectivity index (χ4n) is 2.13. The van der Waals surface area contributed by atoms with Crippen LogP contribution in [0.1, 0.15) is 12.0 Å². The SMILES string of the molecule is ClCCN(Cc1ccccc1)C1CCOC1. The van der Waals surface area contributed by atoms with Gasteiger partial charge in [0.05, 0.1) is 6.61 Å². The minimum Gasteiger partial charge on any atom is -0.380 e. The minimum absolute atomic E-state index is 0.541. The maximum atomic E-state index is 5.86. The average molecular weight is 240 g/mol. The normalized spacial score (nSPS) is 20.5. The summed E-state index contributed by atoms with van der Waals surface area (Å²) in [5, 5.41) is 0. The van der Waals surface area contributed by atoms with Crippen molar-refractivity contribution < 1.29 is 4.74 Å². The zero-order valence-corrected chi connectivity index (χ0v) is 10.2. The monoisotopic (exact) mass is 239 g/mol. The summed E-state index contributed by atoms with van der Waals surface area (Å²) in [5.41, 5.74) is 1.35. The standard InChI is InChI=1S/C13H18ClNO/c14-7-8-15(13-6-9-16-11-13)10-12-4-2-1-3-5-12/h1-5,13H,6-11H2. The van der Waals surface area contributed by atoms with Gasteiger partial charge in [0.1, 0.15) is 0 Å². The summed E-state index contributed by atoms with van der Waals surface area (Å²) in [6.45, 7) is 3.65. The Morgan fingerprint density at radius 3 is 2.75 bits per heavy atom. The van der Waals surface area contributed by atoms with Gasteiger partial charge in [-0.15, -0.1) is 11.6 Å². The molecule has 0 saturated carbocycles. The molecule has 1 saturated heterocycles. The molecule has 1 unspecified atom stereocenters. The van der Waals surface area contributed by atoms with Crippen molar-refractivity contribution in [3.8, 4) is 0 Å². The molecule has 2 rings (SSSR count). The topological polar surface area (TPSA) is 12.5 Å². The van der Waals surface area contributed by atoms with Gasteiger partial charge in [-0.25, -0.2) is 0 Å². The summed E-state index contributed by atoms with van der Waals surface area (Å²) in [6, 6.07) is 11.1. The molecule has 2 nitrogen and oxygen atoms in total. The van der Waals surface area contributed by atoms with E-state index in [-0.39, 0.29) is 0 Å². The van der Waals surface area contributed by atoms with Crippen LogP contribution in [0.4, 0.5) is 0 Å². The third-order valence-electron chi connectivity index (χ3n) is 3.02. The zero-order valence-electron chi connectivity index (χ0n) is 9.44. The van der Waals surface area contributed by atoms with E-state index in [1.807, 2.05) is 6.07 Å². The number of ether oxygens (including phenoxy) is 1. The van der Waals surface area contributed by atoms with E-state index in [0.717, 1.165) is 32.7 Å².